The van der Waals surface area contributed by atoms with E-state index in [4.69, 9.17) is 4.74 Å². The van der Waals surface area contributed by atoms with Gasteiger partial charge in [0.25, 0.3) is 0 Å². The van der Waals surface area contributed by atoms with Crippen molar-refractivity contribution in [1.82, 2.24) is 10.6 Å². The molecule has 2 aliphatic rings. The minimum Gasteiger partial charge on any atom is -0.373 e. The standard InChI is InChI=1S/C17H24N2O2/c20-17(19-12-13-4-3-8-18-11-13)10-16-15-6-2-1-5-14(15)7-9-21-16/h1-2,5-6,13,16,18H,3-4,7-12H2,(H,19,20). The monoisotopic (exact) mass is 288 g/mol. The van der Waals surface area contributed by atoms with Crippen LogP contribution in [0, 0.1) is 5.92 Å². The summed E-state index contributed by atoms with van der Waals surface area (Å²) in [4.78, 5) is 12.2. The summed E-state index contributed by atoms with van der Waals surface area (Å²) < 4.78 is 5.79. The van der Waals surface area contributed by atoms with Crippen molar-refractivity contribution in [2.45, 2.75) is 31.8 Å². The molecule has 0 bridgehead atoms. The number of piperidine rings is 1. The van der Waals surface area contributed by atoms with E-state index in [2.05, 4.69) is 28.8 Å². The van der Waals surface area contributed by atoms with E-state index in [1.165, 1.54) is 24.0 Å². The fourth-order valence-electron chi connectivity index (χ4n) is 3.24. The van der Waals surface area contributed by atoms with Gasteiger partial charge in [0.15, 0.2) is 0 Å². The van der Waals surface area contributed by atoms with Crippen LogP contribution in [0.25, 0.3) is 0 Å². The highest BCUT2D eigenvalue weighted by Crippen LogP contribution is 2.29. The predicted octanol–water partition coefficient (Wildman–Crippen LogP) is 1.81. The highest BCUT2D eigenvalue weighted by Gasteiger charge is 2.23. The van der Waals surface area contributed by atoms with Crippen LogP contribution in [0.4, 0.5) is 0 Å². The van der Waals surface area contributed by atoms with Crippen molar-refractivity contribution < 1.29 is 9.53 Å². The summed E-state index contributed by atoms with van der Waals surface area (Å²) >= 11 is 0. The molecule has 4 heteroatoms. The minimum atomic E-state index is -0.0839. The lowest BCUT2D eigenvalue weighted by Crippen LogP contribution is -2.38. The first kappa shape index (κ1) is 14.5. The van der Waals surface area contributed by atoms with Crippen LogP contribution in [0.3, 0.4) is 0 Å². The Kier molecular flexibility index (Phi) is 4.88. The number of rotatable bonds is 4. The van der Waals surface area contributed by atoms with E-state index >= 15 is 0 Å². The molecule has 114 valence electrons. The Labute approximate surface area is 126 Å². The van der Waals surface area contributed by atoms with Crippen molar-refractivity contribution in [2.24, 2.45) is 5.92 Å². The van der Waals surface area contributed by atoms with Gasteiger partial charge >= 0.3 is 0 Å². The number of benzene rings is 1. The zero-order valence-electron chi connectivity index (χ0n) is 12.4. The van der Waals surface area contributed by atoms with Gasteiger partial charge in [-0.2, -0.15) is 0 Å². The van der Waals surface area contributed by atoms with E-state index < -0.39 is 0 Å². The molecule has 2 atom stereocenters. The van der Waals surface area contributed by atoms with Crippen molar-refractivity contribution in [1.29, 1.82) is 0 Å². The molecule has 1 fully saturated rings. The summed E-state index contributed by atoms with van der Waals surface area (Å²) in [5.41, 5.74) is 2.50. The summed E-state index contributed by atoms with van der Waals surface area (Å²) in [7, 11) is 0. The maximum atomic E-state index is 12.2. The first-order valence-electron chi connectivity index (χ1n) is 8.00. The van der Waals surface area contributed by atoms with Crippen LogP contribution in [0.1, 0.15) is 36.5 Å². The summed E-state index contributed by atoms with van der Waals surface area (Å²) in [6.07, 6.45) is 3.70. The molecule has 1 aromatic rings. The third-order valence-corrected chi connectivity index (χ3v) is 4.45. The fourth-order valence-corrected chi connectivity index (χ4v) is 3.24. The molecule has 0 aliphatic carbocycles. The maximum Gasteiger partial charge on any atom is 0.222 e. The molecule has 3 rings (SSSR count). The van der Waals surface area contributed by atoms with Crippen LogP contribution in [-0.2, 0) is 16.0 Å². The van der Waals surface area contributed by atoms with Crippen LogP contribution in [0.5, 0.6) is 0 Å². The normalized spacial score (nSPS) is 25.1. The van der Waals surface area contributed by atoms with Crippen LogP contribution < -0.4 is 10.6 Å². The molecule has 2 heterocycles. The molecule has 2 aliphatic heterocycles. The Morgan fingerprint density at radius 2 is 2.29 bits per heavy atom. The quantitative estimate of drug-likeness (QED) is 0.888. The molecule has 0 saturated carbocycles. The molecule has 21 heavy (non-hydrogen) atoms. The second-order valence-corrected chi connectivity index (χ2v) is 6.03. The van der Waals surface area contributed by atoms with Gasteiger partial charge < -0.3 is 15.4 Å². The second-order valence-electron chi connectivity index (χ2n) is 6.03. The number of amides is 1. The van der Waals surface area contributed by atoms with E-state index in [1.807, 2.05) is 6.07 Å². The minimum absolute atomic E-state index is 0.0839. The average Bonchev–Trinajstić information content (AvgIpc) is 2.54. The molecule has 0 aromatic heterocycles. The Morgan fingerprint density at radius 1 is 1.38 bits per heavy atom. The van der Waals surface area contributed by atoms with E-state index in [0.717, 1.165) is 26.1 Å². The number of carbonyl (C=O) groups excluding carboxylic acids is 1. The van der Waals surface area contributed by atoms with Crippen LogP contribution >= 0.6 is 0 Å². The van der Waals surface area contributed by atoms with E-state index in [0.29, 0.717) is 18.9 Å². The smallest absolute Gasteiger partial charge is 0.222 e. The number of hydrogen-bond donors (Lipinski definition) is 2. The Balaban J connectivity index is 1.51. The van der Waals surface area contributed by atoms with Crippen molar-refractivity contribution in [3.8, 4) is 0 Å². The van der Waals surface area contributed by atoms with Crippen molar-refractivity contribution in [3.63, 3.8) is 0 Å². The second kappa shape index (κ2) is 7.05. The van der Waals surface area contributed by atoms with Gasteiger partial charge in [-0.25, -0.2) is 0 Å². The predicted molar refractivity (Wildman–Crippen MR) is 82.1 cm³/mol. The summed E-state index contributed by atoms with van der Waals surface area (Å²) in [6, 6.07) is 8.29. The molecular formula is C17H24N2O2. The summed E-state index contributed by atoms with van der Waals surface area (Å²) in [5, 5.41) is 6.45. The summed E-state index contributed by atoms with van der Waals surface area (Å²) in [5.74, 6) is 0.671. The van der Waals surface area contributed by atoms with Crippen molar-refractivity contribution in [2.75, 3.05) is 26.2 Å². The largest absolute Gasteiger partial charge is 0.373 e. The molecule has 0 spiro atoms. The molecular weight excluding hydrogens is 264 g/mol. The third-order valence-electron chi connectivity index (χ3n) is 4.45. The number of ether oxygens (including phenoxy) is 1. The van der Waals surface area contributed by atoms with E-state index in [9.17, 15) is 4.79 Å². The van der Waals surface area contributed by atoms with E-state index in [1.54, 1.807) is 0 Å². The molecule has 1 saturated heterocycles. The molecule has 0 radical (unpaired) electrons. The lowest BCUT2D eigenvalue weighted by Gasteiger charge is -2.26. The lowest BCUT2D eigenvalue weighted by molar-refractivity contribution is -0.124. The number of fused-ring (bicyclic) bond motifs is 1. The molecule has 1 aromatic carbocycles. The maximum absolute atomic E-state index is 12.2. The van der Waals surface area contributed by atoms with Crippen LogP contribution in [0.15, 0.2) is 24.3 Å². The van der Waals surface area contributed by atoms with Gasteiger partial charge in [-0.15, -0.1) is 0 Å². The Morgan fingerprint density at radius 3 is 3.14 bits per heavy atom. The first-order valence-corrected chi connectivity index (χ1v) is 8.00. The van der Waals surface area contributed by atoms with Gasteiger partial charge in [-0.05, 0) is 49.4 Å². The SMILES string of the molecule is O=C(CC1OCCc2ccccc21)NCC1CCCNC1. The van der Waals surface area contributed by atoms with Crippen molar-refractivity contribution in [3.05, 3.63) is 35.4 Å². The average molecular weight is 288 g/mol. The van der Waals surface area contributed by atoms with Crippen LogP contribution in [0.2, 0.25) is 0 Å². The summed E-state index contributed by atoms with van der Waals surface area (Å²) in [6.45, 7) is 3.61. The third kappa shape index (κ3) is 3.83. The zero-order chi connectivity index (χ0) is 14.5. The van der Waals surface area contributed by atoms with Gasteiger partial charge in [0.1, 0.15) is 0 Å². The van der Waals surface area contributed by atoms with Gasteiger partial charge in [-0.1, -0.05) is 24.3 Å². The number of nitrogens with one attached hydrogen (secondary N) is 2. The topological polar surface area (TPSA) is 50.4 Å². The van der Waals surface area contributed by atoms with Gasteiger partial charge in [-0.3, -0.25) is 4.79 Å². The molecule has 2 N–H and O–H groups in total. The Hall–Kier alpha value is -1.39. The van der Waals surface area contributed by atoms with Gasteiger partial charge in [0, 0.05) is 6.54 Å². The fraction of sp³-hybridized carbons (Fsp3) is 0.588. The lowest BCUT2D eigenvalue weighted by atomic mass is 9.95. The van der Waals surface area contributed by atoms with Crippen molar-refractivity contribution >= 4 is 5.91 Å². The zero-order valence-corrected chi connectivity index (χ0v) is 12.4. The molecule has 2 unspecified atom stereocenters. The number of carbonyl (C=O) groups is 1. The van der Waals surface area contributed by atoms with Gasteiger partial charge in [0.05, 0.1) is 19.1 Å². The molecule has 1 amide bonds. The first-order chi connectivity index (χ1) is 10.3. The number of hydrogen-bond acceptors (Lipinski definition) is 3. The highest BCUT2D eigenvalue weighted by atomic mass is 16.5. The van der Waals surface area contributed by atoms with Crippen LogP contribution in [-0.4, -0.2) is 32.1 Å². The Bertz CT molecular complexity index is 483. The highest BCUT2D eigenvalue weighted by molar-refractivity contribution is 5.76. The molecule has 4 nitrogen and oxygen atoms in total. The van der Waals surface area contributed by atoms with Gasteiger partial charge in [0.2, 0.25) is 5.91 Å². The van der Waals surface area contributed by atoms with E-state index in [-0.39, 0.29) is 12.0 Å².